The van der Waals surface area contributed by atoms with Gasteiger partial charge in [-0.1, -0.05) is 256 Å². The molecule has 0 aliphatic carbocycles. The highest BCUT2D eigenvalue weighted by atomic mass is 16.5. The number of aliphatic hydroxyl groups is 2. The van der Waals surface area contributed by atoms with Crippen molar-refractivity contribution >= 4 is 11.9 Å². The SMILES string of the molecule is CCCCCCCC/C=C\CCCCCCCC(=O)OCCCCCCCCCCCCCC/C=C\CCCCCCCCCCCC(=O)NC(CO)C(O)/C=C/CCCCCCCCCC. The molecule has 0 aliphatic heterocycles. The molecule has 1 amide bonds. The smallest absolute Gasteiger partial charge is 0.305 e. The number of hydrogen-bond acceptors (Lipinski definition) is 5. The van der Waals surface area contributed by atoms with E-state index in [1.807, 2.05) is 6.08 Å². The van der Waals surface area contributed by atoms with Crippen molar-refractivity contribution in [3.63, 3.8) is 0 Å². The predicted octanol–water partition coefficient (Wildman–Crippen LogP) is 18.4. The number of rotatable bonds is 55. The zero-order valence-corrected chi connectivity index (χ0v) is 44.9. The molecule has 0 heterocycles. The summed E-state index contributed by atoms with van der Waals surface area (Å²) in [4.78, 5) is 24.4. The van der Waals surface area contributed by atoms with Crippen LogP contribution in [-0.4, -0.2) is 47.4 Å². The Balaban J connectivity index is 3.39. The highest BCUT2D eigenvalue weighted by Crippen LogP contribution is 2.16. The Morgan fingerprint density at radius 2 is 0.701 bits per heavy atom. The van der Waals surface area contributed by atoms with Gasteiger partial charge in [0.1, 0.15) is 0 Å². The third-order valence-corrected chi connectivity index (χ3v) is 13.6. The minimum absolute atomic E-state index is 0.00476. The van der Waals surface area contributed by atoms with E-state index >= 15 is 0 Å². The maximum atomic E-state index is 12.4. The molecule has 6 heteroatoms. The van der Waals surface area contributed by atoms with E-state index in [2.05, 4.69) is 43.5 Å². The second kappa shape index (κ2) is 56.7. The molecule has 2 atom stereocenters. The number of ether oxygens (including phenoxy) is 1. The molecule has 3 N–H and O–H groups in total. The number of nitrogens with one attached hydrogen (secondary N) is 1. The first-order valence-corrected chi connectivity index (χ1v) is 29.8. The first-order chi connectivity index (χ1) is 33.0. The molecule has 2 unspecified atom stereocenters. The average molecular weight is 943 g/mol. The van der Waals surface area contributed by atoms with Gasteiger partial charge in [-0.25, -0.2) is 0 Å². The van der Waals surface area contributed by atoms with E-state index in [0.29, 0.717) is 19.4 Å². The Morgan fingerprint density at radius 3 is 1.06 bits per heavy atom. The van der Waals surface area contributed by atoms with E-state index in [4.69, 9.17) is 4.74 Å². The first kappa shape index (κ1) is 65.1. The lowest BCUT2D eigenvalue weighted by Gasteiger charge is -2.20. The number of esters is 1. The predicted molar refractivity (Wildman–Crippen MR) is 292 cm³/mol. The van der Waals surface area contributed by atoms with Crippen LogP contribution in [0.2, 0.25) is 0 Å². The summed E-state index contributed by atoms with van der Waals surface area (Å²) < 4.78 is 5.48. The zero-order valence-electron chi connectivity index (χ0n) is 44.9. The van der Waals surface area contributed by atoms with Crippen molar-refractivity contribution in [1.82, 2.24) is 5.32 Å². The number of amides is 1. The highest BCUT2D eigenvalue weighted by Gasteiger charge is 2.18. The molecule has 0 aliphatic rings. The van der Waals surface area contributed by atoms with Gasteiger partial charge in [-0.15, -0.1) is 0 Å². The second-order valence-electron chi connectivity index (χ2n) is 20.3. The van der Waals surface area contributed by atoms with Crippen molar-refractivity contribution in [3.05, 3.63) is 36.5 Å². The molecule has 0 radical (unpaired) electrons. The number of carbonyl (C=O) groups is 2. The molecule has 0 rings (SSSR count). The second-order valence-corrected chi connectivity index (χ2v) is 20.3. The fourth-order valence-electron chi connectivity index (χ4n) is 9.03. The maximum absolute atomic E-state index is 12.4. The van der Waals surface area contributed by atoms with Crippen LogP contribution in [0, 0.1) is 0 Å². The van der Waals surface area contributed by atoms with Crippen molar-refractivity contribution in [2.24, 2.45) is 0 Å². The van der Waals surface area contributed by atoms with Crippen molar-refractivity contribution in [2.45, 2.75) is 328 Å². The summed E-state index contributed by atoms with van der Waals surface area (Å²) >= 11 is 0. The molecule has 394 valence electrons. The van der Waals surface area contributed by atoms with Gasteiger partial charge in [-0.3, -0.25) is 9.59 Å². The Hall–Kier alpha value is -1.92. The van der Waals surface area contributed by atoms with Crippen molar-refractivity contribution < 1.29 is 24.5 Å². The van der Waals surface area contributed by atoms with E-state index in [1.165, 1.54) is 244 Å². The number of aliphatic hydroxyl groups excluding tert-OH is 2. The van der Waals surface area contributed by atoms with Gasteiger partial charge in [0.05, 0.1) is 25.4 Å². The summed E-state index contributed by atoms with van der Waals surface area (Å²) in [7, 11) is 0. The summed E-state index contributed by atoms with van der Waals surface area (Å²) in [5.74, 6) is -0.0682. The standard InChI is InChI=1S/C61H115NO5/c1-3-5-7-9-11-13-15-16-28-32-35-39-43-47-51-55-61(66)67-56-52-48-44-40-36-33-30-27-25-23-21-19-17-18-20-22-24-26-29-31-34-38-42-46-50-54-60(65)62-58(57-63)59(64)53-49-45-41-37-14-12-10-8-6-4-2/h16,18,20,28,49,53,58-59,63-64H,3-15,17,19,21-27,29-48,50-52,54-57H2,1-2H3,(H,62,65)/b20-18-,28-16-,53-49+. The van der Waals surface area contributed by atoms with Crippen LogP contribution in [0.25, 0.3) is 0 Å². The van der Waals surface area contributed by atoms with Crippen LogP contribution in [0.15, 0.2) is 36.5 Å². The van der Waals surface area contributed by atoms with Crippen molar-refractivity contribution in [3.8, 4) is 0 Å². The monoisotopic (exact) mass is 942 g/mol. The van der Waals surface area contributed by atoms with E-state index in [-0.39, 0.29) is 18.5 Å². The van der Waals surface area contributed by atoms with Gasteiger partial charge in [-0.05, 0) is 83.5 Å². The molecule has 67 heavy (non-hydrogen) atoms. The quantitative estimate of drug-likeness (QED) is 0.0321. The normalized spacial score (nSPS) is 12.8. The van der Waals surface area contributed by atoms with E-state index in [0.717, 1.165) is 44.9 Å². The van der Waals surface area contributed by atoms with E-state index in [9.17, 15) is 19.8 Å². The van der Waals surface area contributed by atoms with Crippen LogP contribution in [-0.2, 0) is 14.3 Å². The van der Waals surface area contributed by atoms with Crippen LogP contribution in [0.5, 0.6) is 0 Å². The van der Waals surface area contributed by atoms with Gasteiger partial charge in [0.2, 0.25) is 5.91 Å². The third-order valence-electron chi connectivity index (χ3n) is 13.6. The first-order valence-electron chi connectivity index (χ1n) is 29.8. The van der Waals surface area contributed by atoms with Crippen LogP contribution >= 0.6 is 0 Å². The minimum atomic E-state index is -0.844. The summed E-state index contributed by atoms with van der Waals surface area (Å²) in [6, 6.07) is -0.628. The number of allylic oxidation sites excluding steroid dienone is 5. The lowest BCUT2D eigenvalue weighted by atomic mass is 10.0. The van der Waals surface area contributed by atoms with Crippen LogP contribution in [0.4, 0.5) is 0 Å². The van der Waals surface area contributed by atoms with E-state index in [1.54, 1.807) is 6.08 Å². The van der Waals surface area contributed by atoms with Gasteiger partial charge in [0.25, 0.3) is 0 Å². The fourth-order valence-corrected chi connectivity index (χ4v) is 9.03. The zero-order chi connectivity index (χ0) is 48.6. The lowest BCUT2D eigenvalue weighted by Crippen LogP contribution is -2.45. The molecule has 0 bridgehead atoms. The van der Waals surface area contributed by atoms with Gasteiger partial charge >= 0.3 is 5.97 Å². The maximum Gasteiger partial charge on any atom is 0.305 e. The lowest BCUT2D eigenvalue weighted by molar-refractivity contribution is -0.143. The highest BCUT2D eigenvalue weighted by molar-refractivity contribution is 5.76. The summed E-state index contributed by atoms with van der Waals surface area (Å²) in [6.45, 7) is 4.88. The molecular formula is C61H115NO5. The minimum Gasteiger partial charge on any atom is -0.466 e. The Kier molecular flexibility index (Phi) is 55.0. The van der Waals surface area contributed by atoms with Gasteiger partial charge in [0, 0.05) is 12.8 Å². The van der Waals surface area contributed by atoms with Crippen LogP contribution < -0.4 is 5.32 Å². The Labute approximate surface area is 417 Å². The average Bonchev–Trinajstić information content (AvgIpc) is 3.33. The van der Waals surface area contributed by atoms with Crippen molar-refractivity contribution in [1.29, 1.82) is 0 Å². The number of hydrogen-bond donors (Lipinski definition) is 3. The molecule has 0 fully saturated rings. The molecule has 0 aromatic heterocycles. The summed E-state index contributed by atoms with van der Waals surface area (Å²) in [5, 5.41) is 23.0. The Morgan fingerprint density at radius 1 is 0.403 bits per heavy atom. The topological polar surface area (TPSA) is 95.9 Å². The third kappa shape index (κ3) is 53.3. The molecular weight excluding hydrogens is 827 g/mol. The van der Waals surface area contributed by atoms with E-state index < -0.39 is 12.1 Å². The Bertz CT molecular complexity index is 1090. The largest absolute Gasteiger partial charge is 0.466 e. The van der Waals surface area contributed by atoms with Crippen LogP contribution in [0.1, 0.15) is 316 Å². The molecule has 0 saturated heterocycles. The molecule has 0 aromatic carbocycles. The van der Waals surface area contributed by atoms with Crippen molar-refractivity contribution in [2.75, 3.05) is 13.2 Å². The molecule has 0 aromatic rings. The van der Waals surface area contributed by atoms with Gasteiger partial charge < -0.3 is 20.3 Å². The summed E-state index contributed by atoms with van der Waals surface area (Å²) in [6.07, 6.45) is 70.4. The van der Waals surface area contributed by atoms with Gasteiger partial charge in [-0.2, -0.15) is 0 Å². The molecule has 6 nitrogen and oxygen atoms in total. The number of unbranched alkanes of at least 4 members (excludes halogenated alkanes) is 40. The molecule has 0 saturated carbocycles. The fraction of sp³-hybridized carbons (Fsp3) is 0.869. The number of carbonyl (C=O) groups excluding carboxylic acids is 2. The van der Waals surface area contributed by atoms with Gasteiger partial charge in [0.15, 0.2) is 0 Å². The van der Waals surface area contributed by atoms with Crippen LogP contribution in [0.3, 0.4) is 0 Å². The molecule has 0 spiro atoms. The summed E-state index contributed by atoms with van der Waals surface area (Å²) in [5.41, 5.74) is 0.